The van der Waals surface area contributed by atoms with Crippen molar-refractivity contribution in [2.75, 3.05) is 26.2 Å². The maximum Gasteiger partial charge on any atom is 0.416 e. The fraction of sp³-hybridized carbons (Fsp3) is 0.455. The molecule has 0 spiro atoms. The van der Waals surface area contributed by atoms with E-state index in [9.17, 15) is 41.4 Å². The average molecular weight is 649 g/mol. The van der Waals surface area contributed by atoms with Gasteiger partial charge in [-0.25, -0.2) is 4.98 Å². The van der Waals surface area contributed by atoms with Crippen LogP contribution >= 0.6 is 0 Å². The zero-order valence-electron chi connectivity index (χ0n) is 24.8. The largest absolute Gasteiger partial charge is 0.416 e. The minimum atomic E-state index is -4.60. The Bertz CT molecular complexity index is 1680. The van der Waals surface area contributed by atoms with Gasteiger partial charge in [0.2, 0.25) is 0 Å². The zero-order chi connectivity index (χ0) is 32.9. The second-order valence-corrected chi connectivity index (χ2v) is 12.4. The Balaban J connectivity index is 1.21. The van der Waals surface area contributed by atoms with Crippen molar-refractivity contribution in [3.63, 3.8) is 0 Å². The summed E-state index contributed by atoms with van der Waals surface area (Å²) < 4.78 is 78.1. The first-order valence-corrected chi connectivity index (χ1v) is 15.2. The molecule has 13 heteroatoms. The number of aromatic amines is 1. The summed E-state index contributed by atoms with van der Waals surface area (Å²) in [6.07, 6.45) is -7.27. The lowest BCUT2D eigenvalue weighted by molar-refractivity contribution is -0.144. The van der Waals surface area contributed by atoms with E-state index < -0.39 is 42.2 Å². The maximum absolute atomic E-state index is 13.5. The van der Waals surface area contributed by atoms with Crippen molar-refractivity contribution in [3.8, 4) is 0 Å². The summed E-state index contributed by atoms with van der Waals surface area (Å²) in [6, 6.07) is 12.0. The molecule has 1 aliphatic carbocycles. The SMILES string of the molecule is O=c1[nH]c(C2(c3cccc(C4=CCN(CC(F)(F)F)CC4)c3)CC2)nc2c1CN(C(O)[C@H](O)c1cccc(C(F)(F)F)c1)CCC2. The second kappa shape index (κ2) is 12.3. The summed E-state index contributed by atoms with van der Waals surface area (Å²) in [5.41, 5.74) is 1.86. The van der Waals surface area contributed by atoms with Gasteiger partial charge in [-0.2, -0.15) is 26.3 Å². The van der Waals surface area contributed by atoms with Gasteiger partial charge in [-0.05, 0) is 66.5 Å². The highest BCUT2D eigenvalue weighted by atomic mass is 19.4. The minimum absolute atomic E-state index is 0.0445. The molecular weight excluding hydrogens is 614 g/mol. The van der Waals surface area contributed by atoms with Gasteiger partial charge < -0.3 is 15.2 Å². The number of hydrogen-bond donors (Lipinski definition) is 3. The molecule has 6 rings (SSSR count). The first kappa shape index (κ1) is 32.4. The average Bonchev–Trinajstić information content (AvgIpc) is 3.84. The summed E-state index contributed by atoms with van der Waals surface area (Å²) in [6.45, 7) is -0.178. The Morgan fingerprint density at radius 1 is 0.978 bits per heavy atom. The smallest absolute Gasteiger partial charge is 0.384 e. The fourth-order valence-corrected chi connectivity index (χ4v) is 6.54. The first-order valence-electron chi connectivity index (χ1n) is 15.2. The highest BCUT2D eigenvalue weighted by Gasteiger charge is 2.49. The molecule has 1 fully saturated rings. The monoisotopic (exact) mass is 648 g/mol. The first-order chi connectivity index (χ1) is 21.7. The van der Waals surface area contributed by atoms with Crippen LogP contribution in [0.5, 0.6) is 0 Å². The lowest BCUT2D eigenvalue weighted by Crippen LogP contribution is -2.40. The molecule has 1 aromatic heterocycles. The number of aliphatic hydroxyl groups excluding tert-OH is 2. The van der Waals surface area contributed by atoms with Crippen molar-refractivity contribution in [1.29, 1.82) is 0 Å². The number of rotatable bonds is 7. The normalized spacial score (nSPS) is 20.4. The lowest BCUT2D eigenvalue weighted by Gasteiger charge is -2.30. The Kier molecular flexibility index (Phi) is 8.64. The molecule has 0 saturated heterocycles. The summed E-state index contributed by atoms with van der Waals surface area (Å²) >= 11 is 0. The molecule has 246 valence electrons. The summed E-state index contributed by atoms with van der Waals surface area (Å²) in [5.74, 6) is 0.528. The van der Waals surface area contributed by atoms with E-state index >= 15 is 0 Å². The number of benzene rings is 2. The Morgan fingerprint density at radius 3 is 2.41 bits per heavy atom. The lowest BCUT2D eigenvalue weighted by atomic mass is 9.90. The Labute approximate surface area is 261 Å². The number of alkyl halides is 6. The van der Waals surface area contributed by atoms with E-state index in [1.807, 2.05) is 30.3 Å². The standard InChI is InChI=1S/C33H34F6N4O3/c34-32(35,36)19-42-14-9-20(10-15-42)21-4-1-6-23(16-21)31(11-12-31)30-40-26-8-3-13-43(18-25(26)28(45)41-30)29(46)27(44)22-5-2-7-24(17-22)33(37,38)39/h1-2,4-7,9,16-17,27,29,44,46H,3,8,10-15,18-19H2,(H,40,41,45)/t27-,29?/m1/s1. The van der Waals surface area contributed by atoms with Crippen LogP contribution in [0.1, 0.15) is 71.1 Å². The second-order valence-electron chi connectivity index (χ2n) is 12.4. The van der Waals surface area contributed by atoms with Crippen LogP contribution in [0.25, 0.3) is 5.57 Å². The number of aliphatic hydroxyl groups is 2. The van der Waals surface area contributed by atoms with Crippen LogP contribution in [0.15, 0.2) is 59.4 Å². The van der Waals surface area contributed by atoms with E-state index in [0.29, 0.717) is 42.9 Å². The van der Waals surface area contributed by atoms with Gasteiger partial charge >= 0.3 is 12.4 Å². The van der Waals surface area contributed by atoms with Gasteiger partial charge in [-0.1, -0.05) is 42.5 Å². The maximum atomic E-state index is 13.5. The number of nitrogens with zero attached hydrogens (tertiary/aromatic N) is 3. The van der Waals surface area contributed by atoms with E-state index in [1.54, 1.807) is 0 Å². The van der Waals surface area contributed by atoms with E-state index in [0.717, 1.165) is 41.7 Å². The molecule has 1 unspecified atom stereocenters. The van der Waals surface area contributed by atoms with Crippen LogP contribution in [-0.4, -0.2) is 68.6 Å². The Morgan fingerprint density at radius 2 is 1.74 bits per heavy atom. The van der Waals surface area contributed by atoms with E-state index in [4.69, 9.17) is 4.98 Å². The third-order valence-electron chi connectivity index (χ3n) is 9.22. The topological polar surface area (TPSA) is 92.7 Å². The van der Waals surface area contributed by atoms with Gasteiger partial charge in [0.05, 0.1) is 28.8 Å². The van der Waals surface area contributed by atoms with Crippen LogP contribution < -0.4 is 5.56 Å². The third-order valence-corrected chi connectivity index (χ3v) is 9.22. The van der Waals surface area contributed by atoms with Crippen molar-refractivity contribution >= 4 is 5.57 Å². The van der Waals surface area contributed by atoms with Gasteiger partial charge in [-0.3, -0.25) is 14.6 Å². The summed E-state index contributed by atoms with van der Waals surface area (Å²) in [4.78, 5) is 24.1. The summed E-state index contributed by atoms with van der Waals surface area (Å²) in [7, 11) is 0. The van der Waals surface area contributed by atoms with Crippen LogP contribution in [0.2, 0.25) is 0 Å². The molecule has 2 aliphatic heterocycles. The number of aromatic nitrogens is 2. The van der Waals surface area contributed by atoms with Crippen LogP contribution in [-0.2, 0) is 24.6 Å². The number of fused-ring (bicyclic) bond motifs is 1. The molecule has 46 heavy (non-hydrogen) atoms. The molecule has 7 nitrogen and oxygen atoms in total. The van der Waals surface area contributed by atoms with Crippen molar-refractivity contribution in [2.45, 2.75) is 68.7 Å². The molecular formula is C33H34F6N4O3. The minimum Gasteiger partial charge on any atom is -0.384 e. The van der Waals surface area contributed by atoms with Crippen molar-refractivity contribution in [3.05, 3.63) is 104 Å². The number of nitrogens with one attached hydrogen (secondary N) is 1. The quantitative estimate of drug-likeness (QED) is 0.301. The van der Waals surface area contributed by atoms with E-state index in [2.05, 4.69) is 4.98 Å². The molecule has 3 N–H and O–H groups in total. The van der Waals surface area contributed by atoms with Crippen molar-refractivity contribution in [2.24, 2.45) is 0 Å². The third kappa shape index (κ3) is 6.78. The molecule has 0 radical (unpaired) electrons. The highest BCUT2D eigenvalue weighted by molar-refractivity contribution is 5.68. The number of aryl methyl sites for hydroxylation is 1. The van der Waals surface area contributed by atoms with E-state index in [-0.39, 0.29) is 30.8 Å². The van der Waals surface area contributed by atoms with Gasteiger partial charge in [0.1, 0.15) is 18.2 Å². The molecule has 3 aliphatic rings. The number of H-pyrrole nitrogens is 1. The molecule has 3 heterocycles. The summed E-state index contributed by atoms with van der Waals surface area (Å²) in [5, 5.41) is 21.8. The Hall–Kier alpha value is -3.52. The van der Waals surface area contributed by atoms with E-state index in [1.165, 1.54) is 21.9 Å². The van der Waals surface area contributed by atoms with Gasteiger partial charge in [-0.15, -0.1) is 0 Å². The van der Waals surface area contributed by atoms with Crippen molar-refractivity contribution in [1.82, 2.24) is 19.8 Å². The van der Waals surface area contributed by atoms with Crippen LogP contribution in [0.3, 0.4) is 0 Å². The predicted octanol–water partition coefficient (Wildman–Crippen LogP) is 5.32. The highest BCUT2D eigenvalue weighted by Crippen LogP contribution is 2.52. The van der Waals surface area contributed by atoms with Crippen molar-refractivity contribution < 1.29 is 36.6 Å². The molecule has 0 bridgehead atoms. The predicted molar refractivity (Wildman–Crippen MR) is 158 cm³/mol. The number of halogens is 6. The number of hydrogen-bond acceptors (Lipinski definition) is 6. The van der Waals surface area contributed by atoms with Crippen LogP contribution in [0, 0.1) is 0 Å². The fourth-order valence-electron chi connectivity index (χ4n) is 6.54. The molecule has 0 amide bonds. The molecule has 3 aromatic rings. The van der Waals surface area contributed by atoms with Gasteiger partial charge in [0, 0.05) is 26.2 Å². The molecule has 2 atom stereocenters. The van der Waals surface area contributed by atoms with Gasteiger partial charge in [0.25, 0.3) is 5.56 Å². The van der Waals surface area contributed by atoms with Gasteiger partial charge in [0.15, 0.2) is 0 Å². The zero-order valence-corrected chi connectivity index (χ0v) is 24.8. The molecule has 1 saturated carbocycles. The van der Waals surface area contributed by atoms with Crippen LogP contribution in [0.4, 0.5) is 26.3 Å². The molecule has 2 aromatic carbocycles.